The van der Waals surface area contributed by atoms with E-state index in [4.69, 9.17) is 5.73 Å². The lowest BCUT2D eigenvalue weighted by Crippen LogP contribution is -2.53. The first-order valence-electron chi connectivity index (χ1n) is 7.69. The number of rotatable bonds is 5. The maximum atomic E-state index is 6.77. The van der Waals surface area contributed by atoms with E-state index in [1.807, 2.05) is 0 Å². The average molecular weight is 239 g/mol. The fourth-order valence-electron chi connectivity index (χ4n) is 3.74. The quantitative estimate of drug-likeness (QED) is 0.679. The first-order valence-corrected chi connectivity index (χ1v) is 7.69. The van der Waals surface area contributed by atoms with E-state index in [-0.39, 0.29) is 5.54 Å². The van der Waals surface area contributed by atoms with Gasteiger partial charge in [-0.3, -0.25) is 0 Å². The summed E-state index contributed by atoms with van der Waals surface area (Å²) < 4.78 is 0. The molecule has 1 fully saturated rings. The van der Waals surface area contributed by atoms with E-state index in [0.717, 1.165) is 0 Å². The summed E-state index contributed by atoms with van der Waals surface area (Å²) >= 11 is 0. The predicted octanol–water partition coefficient (Wildman–Crippen LogP) is 4.89. The van der Waals surface area contributed by atoms with Crippen LogP contribution in [0.5, 0.6) is 0 Å². The molecule has 0 radical (unpaired) electrons. The molecule has 0 saturated heterocycles. The lowest BCUT2D eigenvalue weighted by Gasteiger charge is -2.48. The highest BCUT2D eigenvalue weighted by molar-refractivity contribution is 4.98. The second-order valence-corrected chi connectivity index (χ2v) is 7.21. The molecule has 0 spiro atoms. The SMILES string of the molecule is CCCCCCC1(N)CCCCC1C(C)(C)C. The van der Waals surface area contributed by atoms with Crippen LogP contribution >= 0.6 is 0 Å². The standard InChI is InChI=1S/C16H33N/c1-5-6-7-9-12-16(17)13-10-8-11-14(16)15(2,3)4/h14H,5-13,17H2,1-4H3. The summed E-state index contributed by atoms with van der Waals surface area (Å²) in [4.78, 5) is 0. The summed E-state index contributed by atoms with van der Waals surface area (Å²) in [7, 11) is 0. The summed E-state index contributed by atoms with van der Waals surface area (Å²) in [6.45, 7) is 9.39. The number of hydrogen-bond acceptors (Lipinski definition) is 1. The van der Waals surface area contributed by atoms with Crippen molar-refractivity contribution >= 4 is 0 Å². The van der Waals surface area contributed by atoms with Crippen molar-refractivity contribution in [2.75, 3.05) is 0 Å². The van der Waals surface area contributed by atoms with Gasteiger partial charge in [0.2, 0.25) is 0 Å². The van der Waals surface area contributed by atoms with Crippen LogP contribution in [0.2, 0.25) is 0 Å². The van der Waals surface area contributed by atoms with Gasteiger partial charge in [0.25, 0.3) is 0 Å². The van der Waals surface area contributed by atoms with Crippen LogP contribution < -0.4 is 5.73 Å². The summed E-state index contributed by atoms with van der Waals surface area (Å²) in [5.41, 5.74) is 7.28. The Labute approximate surface area is 109 Å². The van der Waals surface area contributed by atoms with E-state index in [1.54, 1.807) is 0 Å². The molecule has 0 amide bonds. The second-order valence-electron chi connectivity index (χ2n) is 7.21. The Morgan fingerprint density at radius 3 is 2.41 bits per heavy atom. The topological polar surface area (TPSA) is 26.0 Å². The van der Waals surface area contributed by atoms with Crippen molar-refractivity contribution in [2.45, 2.75) is 91.0 Å². The van der Waals surface area contributed by atoms with E-state index in [1.165, 1.54) is 57.8 Å². The molecule has 1 aliphatic carbocycles. The fourth-order valence-corrected chi connectivity index (χ4v) is 3.74. The number of hydrogen-bond donors (Lipinski definition) is 1. The Bertz CT molecular complexity index is 216. The van der Waals surface area contributed by atoms with E-state index < -0.39 is 0 Å². The van der Waals surface area contributed by atoms with Crippen LogP contribution in [0.25, 0.3) is 0 Å². The molecule has 1 aliphatic rings. The Balaban J connectivity index is 2.55. The molecule has 17 heavy (non-hydrogen) atoms. The maximum absolute atomic E-state index is 6.77. The Morgan fingerprint density at radius 2 is 1.82 bits per heavy atom. The molecule has 0 aromatic rings. The zero-order valence-corrected chi connectivity index (χ0v) is 12.5. The van der Waals surface area contributed by atoms with Gasteiger partial charge in [0.1, 0.15) is 0 Å². The summed E-state index contributed by atoms with van der Waals surface area (Å²) in [5.74, 6) is 0.713. The minimum absolute atomic E-state index is 0.129. The van der Waals surface area contributed by atoms with Crippen LogP contribution in [0.1, 0.15) is 85.5 Å². The van der Waals surface area contributed by atoms with Gasteiger partial charge < -0.3 is 5.73 Å². The van der Waals surface area contributed by atoms with Crippen molar-refractivity contribution in [1.82, 2.24) is 0 Å². The van der Waals surface area contributed by atoms with Crippen LogP contribution in [0.15, 0.2) is 0 Å². The van der Waals surface area contributed by atoms with Crippen LogP contribution in [0.3, 0.4) is 0 Å². The maximum Gasteiger partial charge on any atom is 0.0187 e. The minimum Gasteiger partial charge on any atom is -0.325 e. The monoisotopic (exact) mass is 239 g/mol. The van der Waals surface area contributed by atoms with Gasteiger partial charge in [-0.2, -0.15) is 0 Å². The zero-order valence-electron chi connectivity index (χ0n) is 12.5. The first kappa shape index (κ1) is 15.0. The molecular weight excluding hydrogens is 206 g/mol. The third kappa shape index (κ3) is 4.28. The largest absolute Gasteiger partial charge is 0.325 e. The summed E-state index contributed by atoms with van der Waals surface area (Å²) in [6.07, 6.45) is 12.0. The van der Waals surface area contributed by atoms with Gasteiger partial charge in [-0.25, -0.2) is 0 Å². The Kier molecular flexibility index (Phi) is 5.50. The van der Waals surface area contributed by atoms with E-state index in [2.05, 4.69) is 27.7 Å². The smallest absolute Gasteiger partial charge is 0.0187 e. The molecule has 1 rings (SSSR count). The van der Waals surface area contributed by atoms with Crippen molar-refractivity contribution in [2.24, 2.45) is 17.1 Å². The van der Waals surface area contributed by atoms with Gasteiger partial charge in [0.15, 0.2) is 0 Å². The van der Waals surface area contributed by atoms with Crippen molar-refractivity contribution < 1.29 is 0 Å². The third-order valence-corrected chi connectivity index (χ3v) is 4.62. The fraction of sp³-hybridized carbons (Fsp3) is 1.00. The van der Waals surface area contributed by atoms with Crippen molar-refractivity contribution in [3.8, 4) is 0 Å². The predicted molar refractivity (Wildman–Crippen MR) is 77.1 cm³/mol. The van der Waals surface area contributed by atoms with E-state index in [0.29, 0.717) is 11.3 Å². The molecular formula is C16H33N. The molecule has 0 bridgehead atoms. The van der Waals surface area contributed by atoms with Crippen molar-refractivity contribution in [3.63, 3.8) is 0 Å². The van der Waals surface area contributed by atoms with Gasteiger partial charge >= 0.3 is 0 Å². The Morgan fingerprint density at radius 1 is 1.12 bits per heavy atom. The van der Waals surface area contributed by atoms with Crippen LogP contribution in [0, 0.1) is 11.3 Å². The second kappa shape index (κ2) is 6.22. The lowest BCUT2D eigenvalue weighted by atomic mass is 9.61. The molecule has 0 aromatic heterocycles. The van der Waals surface area contributed by atoms with E-state index in [9.17, 15) is 0 Å². The molecule has 2 N–H and O–H groups in total. The number of nitrogens with two attached hydrogens (primary N) is 1. The molecule has 1 saturated carbocycles. The summed E-state index contributed by atoms with van der Waals surface area (Å²) in [5, 5.41) is 0. The third-order valence-electron chi connectivity index (χ3n) is 4.62. The molecule has 0 aromatic carbocycles. The Hall–Kier alpha value is -0.0400. The molecule has 0 aliphatic heterocycles. The van der Waals surface area contributed by atoms with Crippen LogP contribution in [-0.4, -0.2) is 5.54 Å². The first-order chi connectivity index (χ1) is 7.90. The molecule has 1 heteroatoms. The molecule has 2 unspecified atom stereocenters. The lowest BCUT2D eigenvalue weighted by molar-refractivity contribution is 0.0710. The molecule has 2 atom stereocenters. The molecule has 1 nitrogen and oxygen atoms in total. The normalized spacial score (nSPS) is 30.5. The summed E-state index contributed by atoms with van der Waals surface area (Å²) in [6, 6.07) is 0. The van der Waals surface area contributed by atoms with Gasteiger partial charge in [-0.1, -0.05) is 66.2 Å². The average Bonchev–Trinajstić information content (AvgIpc) is 2.23. The van der Waals surface area contributed by atoms with Gasteiger partial charge in [0, 0.05) is 5.54 Å². The van der Waals surface area contributed by atoms with Crippen molar-refractivity contribution in [1.29, 1.82) is 0 Å². The van der Waals surface area contributed by atoms with E-state index >= 15 is 0 Å². The number of unbranched alkanes of at least 4 members (excludes halogenated alkanes) is 3. The van der Waals surface area contributed by atoms with Gasteiger partial charge in [0.05, 0.1) is 0 Å². The van der Waals surface area contributed by atoms with Crippen LogP contribution in [-0.2, 0) is 0 Å². The van der Waals surface area contributed by atoms with Crippen LogP contribution in [0.4, 0.5) is 0 Å². The highest BCUT2D eigenvalue weighted by atomic mass is 14.8. The highest BCUT2D eigenvalue weighted by Gasteiger charge is 2.42. The highest BCUT2D eigenvalue weighted by Crippen LogP contribution is 2.45. The molecule has 102 valence electrons. The zero-order chi connectivity index (χ0) is 12.9. The molecule has 0 heterocycles. The van der Waals surface area contributed by atoms with Gasteiger partial charge in [-0.05, 0) is 30.6 Å². The van der Waals surface area contributed by atoms with Gasteiger partial charge in [-0.15, -0.1) is 0 Å². The van der Waals surface area contributed by atoms with Crippen molar-refractivity contribution in [3.05, 3.63) is 0 Å². The minimum atomic E-state index is 0.129.